The summed E-state index contributed by atoms with van der Waals surface area (Å²) in [4.78, 5) is 16.4. The van der Waals surface area contributed by atoms with Crippen molar-refractivity contribution in [2.75, 3.05) is 26.2 Å². The lowest BCUT2D eigenvalue weighted by Crippen LogP contribution is -2.51. The van der Waals surface area contributed by atoms with Crippen molar-refractivity contribution in [1.29, 1.82) is 0 Å². The fourth-order valence-corrected chi connectivity index (χ4v) is 2.53. The normalized spacial score (nSPS) is 18.0. The van der Waals surface area contributed by atoms with E-state index in [1.165, 1.54) is 18.2 Å². The number of phenolic OH excluding ortho intramolecular Hbond substituents is 2. The second-order valence-electron chi connectivity index (χ2n) is 5.26. The molecular formula is C15H22N2O3. The van der Waals surface area contributed by atoms with Gasteiger partial charge in [-0.1, -0.05) is 13.0 Å². The molecule has 1 atom stereocenters. The molecule has 1 aliphatic heterocycles. The molecule has 0 spiro atoms. The molecule has 1 unspecified atom stereocenters. The lowest BCUT2D eigenvalue weighted by Gasteiger charge is -2.37. The molecule has 1 fully saturated rings. The van der Waals surface area contributed by atoms with Gasteiger partial charge in [-0.25, -0.2) is 0 Å². The van der Waals surface area contributed by atoms with Crippen LogP contribution in [0.4, 0.5) is 0 Å². The fourth-order valence-electron chi connectivity index (χ4n) is 2.53. The van der Waals surface area contributed by atoms with E-state index in [1.807, 2.05) is 0 Å². The zero-order chi connectivity index (χ0) is 14.7. The largest absolute Gasteiger partial charge is 0.507 e. The maximum Gasteiger partial charge on any atom is 0.261 e. The van der Waals surface area contributed by atoms with E-state index in [2.05, 4.69) is 18.7 Å². The van der Waals surface area contributed by atoms with E-state index in [-0.39, 0.29) is 23.0 Å². The summed E-state index contributed by atoms with van der Waals surface area (Å²) in [6, 6.07) is 4.87. The van der Waals surface area contributed by atoms with Crippen molar-refractivity contribution >= 4 is 5.91 Å². The van der Waals surface area contributed by atoms with Crippen LogP contribution >= 0.6 is 0 Å². The summed E-state index contributed by atoms with van der Waals surface area (Å²) in [5.41, 5.74) is 0.00416. The number of rotatable bonds is 3. The standard InChI is InChI=1S/C15H22N2O3/c1-3-11(2)16-7-9-17(10-8-16)15(20)14-12(18)5-4-6-13(14)19/h4-6,11,18-19H,3,7-10H2,1-2H3. The van der Waals surface area contributed by atoms with E-state index in [1.54, 1.807) is 4.90 Å². The number of aromatic hydroxyl groups is 2. The summed E-state index contributed by atoms with van der Waals surface area (Å²) in [5.74, 6) is -0.636. The molecule has 1 aliphatic rings. The predicted octanol–water partition coefficient (Wildman–Crippen LogP) is 1.65. The molecule has 0 aromatic heterocycles. The molecule has 110 valence electrons. The molecule has 1 heterocycles. The zero-order valence-electron chi connectivity index (χ0n) is 12.0. The molecular weight excluding hydrogens is 256 g/mol. The first-order valence-corrected chi connectivity index (χ1v) is 7.08. The van der Waals surface area contributed by atoms with Crippen molar-refractivity contribution in [3.8, 4) is 11.5 Å². The maximum absolute atomic E-state index is 12.4. The minimum atomic E-state index is -0.301. The lowest BCUT2D eigenvalue weighted by atomic mass is 10.1. The molecule has 0 radical (unpaired) electrons. The van der Waals surface area contributed by atoms with Crippen LogP contribution in [0, 0.1) is 0 Å². The van der Waals surface area contributed by atoms with Crippen LogP contribution in [0.3, 0.4) is 0 Å². The highest BCUT2D eigenvalue weighted by Gasteiger charge is 2.27. The van der Waals surface area contributed by atoms with Gasteiger partial charge < -0.3 is 15.1 Å². The monoisotopic (exact) mass is 278 g/mol. The van der Waals surface area contributed by atoms with Crippen LogP contribution in [0.25, 0.3) is 0 Å². The topological polar surface area (TPSA) is 64.0 Å². The third-order valence-corrected chi connectivity index (χ3v) is 4.05. The van der Waals surface area contributed by atoms with Crippen LogP contribution in [0.5, 0.6) is 11.5 Å². The molecule has 1 aromatic rings. The summed E-state index contributed by atoms with van der Waals surface area (Å²) < 4.78 is 0. The second kappa shape index (κ2) is 6.13. The van der Waals surface area contributed by atoms with E-state index in [9.17, 15) is 15.0 Å². The van der Waals surface area contributed by atoms with Gasteiger partial charge in [-0.2, -0.15) is 0 Å². The Bertz CT molecular complexity index is 462. The van der Waals surface area contributed by atoms with Crippen LogP contribution in [0.15, 0.2) is 18.2 Å². The minimum absolute atomic E-state index is 0.00416. The van der Waals surface area contributed by atoms with E-state index >= 15 is 0 Å². The van der Waals surface area contributed by atoms with E-state index in [0.717, 1.165) is 19.5 Å². The Hall–Kier alpha value is -1.75. The number of piperazine rings is 1. The highest BCUT2D eigenvalue weighted by molar-refractivity contribution is 5.99. The number of hydrogen-bond donors (Lipinski definition) is 2. The fraction of sp³-hybridized carbons (Fsp3) is 0.533. The Morgan fingerprint density at radius 3 is 2.25 bits per heavy atom. The molecule has 1 aromatic carbocycles. The Labute approximate surface area is 119 Å². The first kappa shape index (κ1) is 14.7. The quantitative estimate of drug-likeness (QED) is 0.882. The number of nitrogens with zero attached hydrogens (tertiary/aromatic N) is 2. The van der Waals surface area contributed by atoms with Gasteiger partial charge in [0.25, 0.3) is 5.91 Å². The summed E-state index contributed by atoms with van der Waals surface area (Å²) in [5, 5.41) is 19.5. The summed E-state index contributed by atoms with van der Waals surface area (Å²) >= 11 is 0. The molecule has 0 bridgehead atoms. The van der Waals surface area contributed by atoms with E-state index in [4.69, 9.17) is 0 Å². The van der Waals surface area contributed by atoms with Gasteiger partial charge in [0.05, 0.1) is 0 Å². The van der Waals surface area contributed by atoms with Crippen molar-refractivity contribution in [2.45, 2.75) is 26.3 Å². The van der Waals surface area contributed by atoms with E-state index in [0.29, 0.717) is 19.1 Å². The number of benzene rings is 1. The zero-order valence-corrected chi connectivity index (χ0v) is 12.0. The SMILES string of the molecule is CCC(C)N1CCN(C(=O)c2c(O)cccc2O)CC1. The molecule has 2 rings (SSSR count). The molecule has 0 saturated carbocycles. The summed E-state index contributed by atoms with van der Waals surface area (Å²) in [6.07, 6.45) is 1.09. The summed E-state index contributed by atoms with van der Waals surface area (Å²) in [6.45, 7) is 7.24. The number of amides is 1. The van der Waals surface area contributed by atoms with Gasteiger partial charge in [-0.3, -0.25) is 9.69 Å². The average Bonchev–Trinajstić information content (AvgIpc) is 2.46. The van der Waals surface area contributed by atoms with Gasteiger partial charge in [0.15, 0.2) is 0 Å². The Morgan fingerprint density at radius 1 is 1.20 bits per heavy atom. The highest BCUT2D eigenvalue weighted by atomic mass is 16.3. The van der Waals surface area contributed by atoms with Crippen molar-refractivity contribution in [1.82, 2.24) is 9.80 Å². The number of carbonyl (C=O) groups is 1. The van der Waals surface area contributed by atoms with Crippen LogP contribution in [-0.4, -0.2) is 58.1 Å². The van der Waals surface area contributed by atoms with Crippen LogP contribution in [0.1, 0.15) is 30.6 Å². The van der Waals surface area contributed by atoms with Crippen molar-refractivity contribution < 1.29 is 15.0 Å². The van der Waals surface area contributed by atoms with Crippen molar-refractivity contribution in [3.63, 3.8) is 0 Å². The third-order valence-electron chi connectivity index (χ3n) is 4.05. The Kier molecular flexibility index (Phi) is 4.49. The van der Waals surface area contributed by atoms with Gasteiger partial charge >= 0.3 is 0 Å². The summed E-state index contributed by atoms with van der Waals surface area (Å²) in [7, 11) is 0. The molecule has 5 nitrogen and oxygen atoms in total. The van der Waals surface area contributed by atoms with Gasteiger partial charge in [0, 0.05) is 32.2 Å². The Morgan fingerprint density at radius 2 is 1.75 bits per heavy atom. The van der Waals surface area contributed by atoms with Gasteiger partial charge in [-0.15, -0.1) is 0 Å². The Balaban J connectivity index is 2.05. The van der Waals surface area contributed by atoms with Crippen LogP contribution in [0.2, 0.25) is 0 Å². The van der Waals surface area contributed by atoms with Crippen molar-refractivity contribution in [3.05, 3.63) is 23.8 Å². The average molecular weight is 278 g/mol. The minimum Gasteiger partial charge on any atom is -0.507 e. The van der Waals surface area contributed by atoms with Crippen molar-refractivity contribution in [2.24, 2.45) is 0 Å². The number of carbonyl (C=O) groups excluding carboxylic acids is 1. The first-order chi connectivity index (χ1) is 9.54. The molecule has 2 N–H and O–H groups in total. The number of phenols is 2. The third kappa shape index (κ3) is 2.88. The molecule has 20 heavy (non-hydrogen) atoms. The lowest BCUT2D eigenvalue weighted by molar-refractivity contribution is 0.0574. The van der Waals surface area contributed by atoms with Gasteiger partial charge in [0.1, 0.15) is 17.1 Å². The molecule has 1 saturated heterocycles. The molecule has 1 amide bonds. The van der Waals surface area contributed by atoms with Crippen LogP contribution in [-0.2, 0) is 0 Å². The predicted molar refractivity (Wildman–Crippen MR) is 77.0 cm³/mol. The van der Waals surface area contributed by atoms with Gasteiger partial charge in [0.2, 0.25) is 0 Å². The van der Waals surface area contributed by atoms with Gasteiger partial charge in [-0.05, 0) is 25.5 Å². The highest BCUT2D eigenvalue weighted by Crippen LogP contribution is 2.28. The van der Waals surface area contributed by atoms with Crippen LogP contribution < -0.4 is 0 Å². The second-order valence-corrected chi connectivity index (χ2v) is 5.26. The number of hydrogen-bond acceptors (Lipinski definition) is 4. The maximum atomic E-state index is 12.4. The van der Waals surface area contributed by atoms with E-state index < -0.39 is 0 Å². The molecule has 0 aliphatic carbocycles. The smallest absolute Gasteiger partial charge is 0.261 e. The first-order valence-electron chi connectivity index (χ1n) is 7.08. The molecule has 5 heteroatoms.